The van der Waals surface area contributed by atoms with Gasteiger partial charge >= 0.3 is 5.97 Å². The number of benzene rings is 1. The lowest BCUT2D eigenvalue weighted by Crippen LogP contribution is -2.13. The van der Waals surface area contributed by atoms with Crippen LogP contribution in [0.3, 0.4) is 0 Å². The molecule has 0 aliphatic heterocycles. The van der Waals surface area contributed by atoms with Crippen molar-refractivity contribution in [2.24, 2.45) is 11.8 Å². The number of allylic oxidation sites excluding steroid dienone is 1. The first-order valence-electron chi connectivity index (χ1n) is 9.18. The number of hydrogen-bond donors (Lipinski definition) is 1. The van der Waals surface area contributed by atoms with Gasteiger partial charge in [0.05, 0.1) is 5.56 Å². The van der Waals surface area contributed by atoms with Gasteiger partial charge in [-0.25, -0.2) is 17.6 Å². The predicted molar refractivity (Wildman–Crippen MR) is 96.9 cm³/mol. The molecule has 1 fully saturated rings. The Kier molecular flexibility index (Phi) is 8.04. The SMILES string of the molecule is O=C(O)CCCCCC[C@@H]1C(=O)CC[C@H]1C=Cc1c(F)c(F)c(Cl)c(F)c1F. The Morgan fingerprint density at radius 3 is 2.25 bits per heavy atom. The van der Waals surface area contributed by atoms with E-state index < -0.39 is 39.8 Å². The fraction of sp³-hybridized carbons (Fsp3) is 0.500. The van der Waals surface area contributed by atoms with Crippen molar-refractivity contribution in [3.63, 3.8) is 0 Å². The van der Waals surface area contributed by atoms with E-state index in [4.69, 9.17) is 16.7 Å². The molecule has 0 saturated heterocycles. The van der Waals surface area contributed by atoms with Crippen LogP contribution in [0.1, 0.15) is 56.9 Å². The summed E-state index contributed by atoms with van der Waals surface area (Å²) in [6, 6.07) is 0. The summed E-state index contributed by atoms with van der Waals surface area (Å²) in [5.74, 6) is -7.82. The summed E-state index contributed by atoms with van der Waals surface area (Å²) >= 11 is 5.21. The number of rotatable bonds is 9. The third kappa shape index (κ3) is 5.34. The van der Waals surface area contributed by atoms with Crippen LogP contribution in [0.5, 0.6) is 0 Å². The number of carbonyl (C=O) groups is 2. The van der Waals surface area contributed by atoms with Crippen molar-refractivity contribution >= 4 is 29.4 Å². The molecule has 0 bridgehead atoms. The molecule has 0 amide bonds. The molecule has 3 nitrogen and oxygen atoms in total. The van der Waals surface area contributed by atoms with E-state index in [2.05, 4.69) is 0 Å². The minimum absolute atomic E-state index is 0.0506. The van der Waals surface area contributed by atoms with Crippen molar-refractivity contribution < 1.29 is 32.3 Å². The topological polar surface area (TPSA) is 54.4 Å². The smallest absolute Gasteiger partial charge is 0.303 e. The van der Waals surface area contributed by atoms with Gasteiger partial charge in [-0.2, -0.15) is 0 Å². The van der Waals surface area contributed by atoms with E-state index in [1.54, 1.807) is 0 Å². The Hall–Kier alpha value is -1.89. The number of halogens is 5. The standard InChI is InChI=1S/C20H21ClF4O3/c21-16-19(24)17(22)13(18(23)20(16)25)9-7-11-8-10-14(26)12(11)5-3-1-2-4-6-15(27)28/h7,9,11-12H,1-6,8,10H2,(H,27,28)/t11-,12+/m1/s1. The van der Waals surface area contributed by atoms with Crippen molar-refractivity contribution in [2.75, 3.05) is 0 Å². The Labute approximate surface area is 165 Å². The Bertz CT molecular complexity index is 750. The van der Waals surface area contributed by atoms with Gasteiger partial charge in [-0.3, -0.25) is 9.59 Å². The molecule has 8 heteroatoms. The fourth-order valence-electron chi connectivity index (χ4n) is 3.52. The minimum atomic E-state index is -1.65. The number of carboxylic acid groups (broad SMARTS) is 1. The zero-order chi connectivity index (χ0) is 20.8. The second kappa shape index (κ2) is 10.0. The summed E-state index contributed by atoms with van der Waals surface area (Å²) in [6.07, 6.45) is 6.75. The van der Waals surface area contributed by atoms with Gasteiger partial charge < -0.3 is 5.11 Å². The number of unbranched alkanes of at least 4 members (excludes halogenated alkanes) is 3. The Morgan fingerprint density at radius 2 is 1.64 bits per heavy atom. The van der Waals surface area contributed by atoms with Crippen molar-refractivity contribution in [3.8, 4) is 0 Å². The van der Waals surface area contributed by atoms with Gasteiger partial charge in [-0.05, 0) is 25.2 Å². The van der Waals surface area contributed by atoms with E-state index in [9.17, 15) is 27.2 Å². The average molecular weight is 421 g/mol. The Morgan fingerprint density at radius 1 is 1.04 bits per heavy atom. The van der Waals surface area contributed by atoms with Crippen molar-refractivity contribution in [1.82, 2.24) is 0 Å². The van der Waals surface area contributed by atoms with E-state index in [1.165, 1.54) is 6.08 Å². The molecule has 1 N–H and O–H groups in total. The van der Waals surface area contributed by atoms with E-state index in [-0.39, 0.29) is 24.0 Å². The zero-order valence-corrected chi connectivity index (χ0v) is 15.9. The molecule has 154 valence electrons. The highest BCUT2D eigenvalue weighted by Crippen LogP contribution is 2.35. The van der Waals surface area contributed by atoms with Crippen LogP contribution in [-0.4, -0.2) is 16.9 Å². The molecule has 1 aliphatic rings. The minimum Gasteiger partial charge on any atom is -0.481 e. The molecule has 1 aromatic rings. The van der Waals surface area contributed by atoms with Gasteiger partial charge in [-0.1, -0.05) is 43.0 Å². The van der Waals surface area contributed by atoms with Gasteiger partial charge in [0.1, 0.15) is 10.8 Å². The molecule has 0 heterocycles. The van der Waals surface area contributed by atoms with Crippen LogP contribution in [0.2, 0.25) is 5.02 Å². The predicted octanol–water partition coefficient (Wildman–Crippen LogP) is 5.93. The Balaban J connectivity index is 2.01. The van der Waals surface area contributed by atoms with Crippen LogP contribution in [0.25, 0.3) is 6.08 Å². The number of ketones is 1. The van der Waals surface area contributed by atoms with E-state index in [0.29, 0.717) is 25.7 Å². The number of carbonyl (C=O) groups excluding carboxylic acids is 1. The highest BCUT2D eigenvalue weighted by molar-refractivity contribution is 6.30. The van der Waals surface area contributed by atoms with Gasteiger partial charge in [0.2, 0.25) is 0 Å². The first-order valence-corrected chi connectivity index (χ1v) is 9.56. The quantitative estimate of drug-likeness (QED) is 0.233. The van der Waals surface area contributed by atoms with Crippen LogP contribution in [0.15, 0.2) is 6.08 Å². The number of hydrogen-bond acceptors (Lipinski definition) is 2. The van der Waals surface area contributed by atoms with Gasteiger partial charge in [0.25, 0.3) is 0 Å². The molecule has 1 aliphatic carbocycles. The molecule has 0 aromatic heterocycles. The average Bonchev–Trinajstić information content (AvgIpc) is 3.01. The summed E-state index contributed by atoms with van der Waals surface area (Å²) < 4.78 is 54.9. The lowest BCUT2D eigenvalue weighted by Gasteiger charge is -2.15. The molecule has 0 radical (unpaired) electrons. The zero-order valence-electron chi connectivity index (χ0n) is 15.1. The third-order valence-corrected chi connectivity index (χ3v) is 5.40. The van der Waals surface area contributed by atoms with Crippen LogP contribution < -0.4 is 0 Å². The van der Waals surface area contributed by atoms with Gasteiger partial charge in [-0.15, -0.1) is 0 Å². The molecular formula is C20H21ClF4O3. The lowest BCUT2D eigenvalue weighted by molar-refractivity contribution is -0.137. The maximum absolute atomic E-state index is 13.9. The lowest BCUT2D eigenvalue weighted by atomic mass is 9.89. The van der Waals surface area contributed by atoms with E-state index in [0.717, 1.165) is 25.3 Å². The van der Waals surface area contributed by atoms with E-state index >= 15 is 0 Å². The first kappa shape index (κ1) is 22.4. The van der Waals surface area contributed by atoms with Crippen LogP contribution in [0.4, 0.5) is 17.6 Å². The highest BCUT2D eigenvalue weighted by Gasteiger charge is 2.32. The fourth-order valence-corrected chi connectivity index (χ4v) is 3.69. The van der Waals surface area contributed by atoms with Crippen LogP contribution in [-0.2, 0) is 9.59 Å². The summed E-state index contributed by atoms with van der Waals surface area (Å²) in [5.41, 5.74) is -0.855. The summed E-state index contributed by atoms with van der Waals surface area (Å²) in [6.45, 7) is 0. The van der Waals surface area contributed by atoms with Crippen molar-refractivity contribution in [2.45, 2.75) is 51.4 Å². The van der Waals surface area contributed by atoms with Gasteiger partial charge in [0, 0.05) is 18.8 Å². The van der Waals surface area contributed by atoms with Crippen molar-refractivity contribution in [3.05, 3.63) is 39.9 Å². The molecule has 1 saturated carbocycles. The number of carboxylic acids is 1. The summed E-state index contributed by atoms with van der Waals surface area (Å²) in [7, 11) is 0. The third-order valence-electron chi connectivity index (χ3n) is 5.06. The molecule has 2 rings (SSSR count). The molecular weight excluding hydrogens is 400 g/mol. The molecule has 0 spiro atoms. The molecule has 2 atom stereocenters. The molecule has 1 aromatic carbocycles. The van der Waals surface area contributed by atoms with Gasteiger partial charge in [0.15, 0.2) is 23.3 Å². The first-order chi connectivity index (χ1) is 13.2. The van der Waals surface area contributed by atoms with E-state index in [1.807, 2.05) is 0 Å². The number of Topliss-reactive ketones (excluding diaryl/α,β-unsaturated/α-hetero) is 1. The largest absolute Gasteiger partial charge is 0.481 e. The summed E-state index contributed by atoms with van der Waals surface area (Å²) in [4.78, 5) is 22.6. The van der Waals surface area contributed by atoms with Crippen molar-refractivity contribution in [1.29, 1.82) is 0 Å². The normalized spacial score (nSPS) is 19.7. The monoisotopic (exact) mass is 420 g/mol. The maximum Gasteiger partial charge on any atom is 0.303 e. The second-order valence-electron chi connectivity index (χ2n) is 6.96. The van der Waals surface area contributed by atoms with Crippen LogP contribution >= 0.6 is 11.6 Å². The highest BCUT2D eigenvalue weighted by atomic mass is 35.5. The second-order valence-corrected chi connectivity index (χ2v) is 7.34. The maximum atomic E-state index is 13.9. The number of aliphatic carboxylic acids is 1. The summed E-state index contributed by atoms with van der Waals surface area (Å²) in [5, 5.41) is 7.36. The van der Waals surface area contributed by atoms with Crippen LogP contribution in [0, 0.1) is 35.1 Å². The molecule has 28 heavy (non-hydrogen) atoms. The molecule has 0 unspecified atom stereocenters.